The monoisotopic (exact) mass is 669 g/mol. The molecule has 0 radical (unpaired) electrons. The number of nitrogens with one attached hydrogen (secondary N) is 1. The summed E-state index contributed by atoms with van der Waals surface area (Å²) in [6.07, 6.45) is 1.69. The van der Waals surface area contributed by atoms with E-state index >= 15 is 0 Å². The summed E-state index contributed by atoms with van der Waals surface area (Å²) in [6, 6.07) is 54.6. The summed E-state index contributed by atoms with van der Waals surface area (Å²) in [5, 5.41) is 18.7. The molecule has 2 aromatic heterocycles. The van der Waals surface area contributed by atoms with Crippen molar-refractivity contribution in [2.75, 3.05) is 6.54 Å². The number of hydrogen-bond acceptors (Lipinski definition) is 3. The van der Waals surface area contributed by atoms with E-state index in [0.29, 0.717) is 5.56 Å². The summed E-state index contributed by atoms with van der Waals surface area (Å²) in [7, 11) is 0. The van der Waals surface area contributed by atoms with E-state index in [4.69, 9.17) is 4.42 Å². The van der Waals surface area contributed by atoms with Gasteiger partial charge in [0.2, 0.25) is 0 Å². The van der Waals surface area contributed by atoms with Gasteiger partial charge in [0, 0.05) is 39.7 Å². The Morgan fingerprint density at radius 2 is 1.38 bits per heavy atom. The molecular weight excluding hydrogens is 635 g/mol. The maximum Gasteiger partial charge on any atom is 0.139 e. The van der Waals surface area contributed by atoms with Gasteiger partial charge in [-0.15, -0.1) is 0 Å². The molecule has 0 bridgehead atoms. The first kappa shape index (κ1) is 30.4. The maximum atomic E-state index is 10.5. The van der Waals surface area contributed by atoms with Crippen LogP contribution in [0.5, 0.6) is 0 Å². The molecule has 1 aliphatic heterocycles. The van der Waals surface area contributed by atoms with Crippen LogP contribution in [0.1, 0.15) is 33.9 Å². The van der Waals surface area contributed by atoms with Crippen molar-refractivity contribution in [2.24, 2.45) is 0 Å². The van der Waals surface area contributed by atoms with Gasteiger partial charge in [0.05, 0.1) is 22.3 Å². The number of furan rings is 1. The van der Waals surface area contributed by atoms with Gasteiger partial charge < -0.3 is 14.3 Å². The fraction of sp³-hybridized carbons (Fsp3) is 0.104. The van der Waals surface area contributed by atoms with Gasteiger partial charge in [-0.1, -0.05) is 109 Å². The normalized spacial score (nSPS) is 14.0. The van der Waals surface area contributed by atoms with E-state index < -0.39 is 0 Å². The smallest absolute Gasteiger partial charge is 0.139 e. The van der Waals surface area contributed by atoms with Crippen LogP contribution in [0.4, 0.5) is 0 Å². The molecule has 1 unspecified atom stereocenters. The summed E-state index contributed by atoms with van der Waals surface area (Å²) < 4.78 is 8.88. The molecule has 0 saturated carbocycles. The average molecular weight is 670 g/mol. The third-order valence-corrected chi connectivity index (χ3v) is 10.9. The highest BCUT2D eigenvalue weighted by atomic mass is 16.3. The molecule has 4 nitrogen and oxygen atoms in total. The molecule has 0 amide bonds. The van der Waals surface area contributed by atoms with Gasteiger partial charge in [0.25, 0.3) is 0 Å². The maximum absolute atomic E-state index is 10.5. The number of aryl methyl sites for hydroxylation is 3. The Hall–Kier alpha value is -6.41. The van der Waals surface area contributed by atoms with E-state index in [1.165, 1.54) is 44.2 Å². The molecule has 1 saturated heterocycles. The molecule has 1 aliphatic rings. The highest BCUT2D eigenvalue weighted by Crippen LogP contribution is 2.41. The van der Waals surface area contributed by atoms with E-state index in [1.54, 1.807) is 0 Å². The van der Waals surface area contributed by atoms with Gasteiger partial charge in [0.15, 0.2) is 0 Å². The lowest BCUT2D eigenvalue weighted by molar-refractivity contribution is 0.662. The third-order valence-electron chi connectivity index (χ3n) is 10.9. The fourth-order valence-corrected chi connectivity index (χ4v) is 8.26. The Bertz CT molecular complexity index is 2840. The minimum atomic E-state index is 0.236. The number of para-hydroxylation sites is 3. The van der Waals surface area contributed by atoms with Crippen LogP contribution in [-0.2, 0) is 12.8 Å². The highest BCUT2D eigenvalue weighted by molar-refractivity contribution is 6.10. The Balaban J connectivity index is 1.09. The van der Waals surface area contributed by atoms with E-state index in [9.17, 15) is 5.26 Å². The molecule has 9 aromatic rings. The first-order valence-electron chi connectivity index (χ1n) is 18.0. The van der Waals surface area contributed by atoms with E-state index in [0.717, 1.165) is 69.2 Å². The van der Waals surface area contributed by atoms with Crippen LogP contribution >= 0.6 is 0 Å². The van der Waals surface area contributed by atoms with Gasteiger partial charge in [-0.05, 0) is 95.1 Å². The van der Waals surface area contributed by atoms with Gasteiger partial charge in [-0.2, -0.15) is 5.26 Å². The molecule has 7 aromatic carbocycles. The molecule has 1 atom stereocenters. The van der Waals surface area contributed by atoms with Crippen molar-refractivity contribution in [1.29, 1.82) is 5.26 Å². The average Bonchev–Trinajstić information content (AvgIpc) is 3.89. The number of rotatable bonds is 7. The summed E-state index contributed by atoms with van der Waals surface area (Å²) in [5.74, 6) is 0. The molecule has 0 aliphatic carbocycles. The van der Waals surface area contributed by atoms with Gasteiger partial charge in [-0.25, -0.2) is 0 Å². The topological polar surface area (TPSA) is 63.8 Å². The van der Waals surface area contributed by atoms with E-state index in [1.807, 2.05) is 6.07 Å². The first-order valence-corrected chi connectivity index (χ1v) is 18.0. The number of fused-ring (bicyclic) bond motifs is 6. The summed E-state index contributed by atoms with van der Waals surface area (Å²) in [5.41, 5.74) is 15.4. The van der Waals surface area contributed by atoms with Crippen LogP contribution in [0.15, 0.2) is 150 Å². The molecule has 10 rings (SSSR count). The Kier molecular flexibility index (Phi) is 7.09. The lowest BCUT2D eigenvalue weighted by atomic mass is 9.90. The predicted octanol–water partition coefficient (Wildman–Crippen LogP) is 11.6. The molecule has 1 fully saturated rings. The molecule has 52 heavy (non-hydrogen) atoms. The number of benzene rings is 7. The van der Waals surface area contributed by atoms with Crippen molar-refractivity contribution in [2.45, 2.75) is 25.8 Å². The molecule has 1 N–H and O–H groups in total. The van der Waals surface area contributed by atoms with Gasteiger partial charge >= 0.3 is 0 Å². The number of aromatic nitrogens is 1. The van der Waals surface area contributed by atoms with Crippen molar-refractivity contribution in [3.63, 3.8) is 0 Å². The van der Waals surface area contributed by atoms with E-state index in [-0.39, 0.29) is 6.04 Å². The molecule has 3 heterocycles. The zero-order valence-corrected chi connectivity index (χ0v) is 28.9. The van der Waals surface area contributed by atoms with Crippen LogP contribution in [0, 0.1) is 18.3 Å². The van der Waals surface area contributed by atoms with Gasteiger partial charge in [-0.3, -0.25) is 0 Å². The van der Waals surface area contributed by atoms with E-state index in [2.05, 4.69) is 162 Å². The predicted molar refractivity (Wildman–Crippen MR) is 213 cm³/mol. The van der Waals surface area contributed by atoms with Gasteiger partial charge in [0.1, 0.15) is 17.2 Å². The Morgan fingerprint density at radius 1 is 0.673 bits per heavy atom. The number of hydrogen-bond donors (Lipinski definition) is 1. The van der Waals surface area contributed by atoms with Crippen molar-refractivity contribution in [3.05, 3.63) is 173 Å². The highest BCUT2D eigenvalue weighted by Gasteiger charge is 2.28. The summed E-state index contributed by atoms with van der Waals surface area (Å²) in [6.45, 7) is 3.10. The quantitative estimate of drug-likeness (QED) is 0.172. The third kappa shape index (κ3) is 4.93. The SMILES string of the molecule is Cc1ccccc1-c1ccc2c(oc3ccccc32)c1CCc1cccc(-c2cc(-n3c4ccccc4c4ccccc43)c(C#N)cc2C2CN2)c1. The Labute approximate surface area is 302 Å². The van der Waals surface area contributed by atoms with Crippen molar-refractivity contribution >= 4 is 43.7 Å². The zero-order valence-electron chi connectivity index (χ0n) is 28.9. The van der Waals surface area contributed by atoms with Crippen molar-refractivity contribution in [3.8, 4) is 34.0 Å². The fourth-order valence-electron chi connectivity index (χ4n) is 8.26. The molecule has 4 heteroatoms. The number of nitrogens with zero attached hydrogens (tertiary/aromatic N) is 2. The standard InChI is InChI=1S/C48H35N3O/c1-30-11-2-3-14-34(30)35-23-24-40-38-17-6-9-20-47(38)52-48(40)39(35)22-21-31-12-10-13-32(25-31)41-27-46(33(28-49)26-42(41)43-29-50-43)51-44-18-7-4-15-36(44)37-16-5-8-19-45(37)51/h2-20,23-27,43,50H,21-22,29H2,1H3. The minimum Gasteiger partial charge on any atom is -0.456 e. The number of nitriles is 1. The summed E-state index contributed by atoms with van der Waals surface area (Å²) in [4.78, 5) is 0. The van der Waals surface area contributed by atoms with Crippen molar-refractivity contribution < 1.29 is 4.42 Å². The second-order valence-electron chi connectivity index (χ2n) is 14.0. The molecule has 0 spiro atoms. The van der Waals surface area contributed by atoms with Crippen LogP contribution in [-0.4, -0.2) is 11.1 Å². The second kappa shape index (κ2) is 12.1. The molecular formula is C48H35N3O. The Morgan fingerprint density at radius 3 is 2.13 bits per heavy atom. The van der Waals surface area contributed by atoms with Crippen LogP contribution < -0.4 is 5.32 Å². The van der Waals surface area contributed by atoms with Crippen LogP contribution in [0.3, 0.4) is 0 Å². The lowest BCUT2D eigenvalue weighted by Crippen LogP contribution is -2.02. The zero-order chi connectivity index (χ0) is 34.8. The largest absolute Gasteiger partial charge is 0.456 e. The second-order valence-corrected chi connectivity index (χ2v) is 14.0. The molecule has 248 valence electrons. The summed E-state index contributed by atoms with van der Waals surface area (Å²) >= 11 is 0. The van der Waals surface area contributed by atoms with Crippen LogP contribution in [0.2, 0.25) is 0 Å². The minimum absolute atomic E-state index is 0.236. The lowest BCUT2D eigenvalue weighted by Gasteiger charge is -2.17. The first-order chi connectivity index (χ1) is 25.7. The van der Waals surface area contributed by atoms with Crippen LogP contribution in [0.25, 0.3) is 71.7 Å². The van der Waals surface area contributed by atoms with Crippen molar-refractivity contribution in [1.82, 2.24) is 9.88 Å².